The first-order valence-corrected chi connectivity index (χ1v) is 5.61. The molecule has 12 heavy (non-hydrogen) atoms. The Labute approximate surface area is 73.7 Å². The van der Waals surface area contributed by atoms with Gasteiger partial charge in [0.1, 0.15) is 0 Å². The molecule has 0 aromatic rings. The van der Waals surface area contributed by atoms with E-state index in [2.05, 4.69) is 11.8 Å². The van der Waals surface area contributed by atoms with Gasteiger partial charge in [-0.2, -0.15) is 0 Å². The zero-order valence-corrected chi connectivity index (χ0v) is 8.35. The predicted molar refractivity (Wildman–Crippen MR) is 48.4 cm³/mol. The second-order valence-electron chi connectivity index (χ2n) is 2.73. The van der Waals surface area contributed by atoms with Crippen LogP contribution in [-0.4, -0.2) is 31.1 Å². The van der Waals surface area contributed by atoms with E-state index in [1.165, 1.54) is 6.92 Å². The lowest BCUT2D eigenvalue weighted by atomic mass is 10.2. The third kappa shape index (κ3) is 3.74. The number of hydrogen-bond acceptors (Lipinski definition) is 3. The Morgan fingerprint density at radius 1 is 1.50 bits per heavy atom. The number of aliphatic hydroxyl groups is 1. The molecule has 2 unspecified atom stereocenters. The highest BCUT2D eigenvalue weighted by Gasteiger charge is 2.22. The van der Waals surface area contributed by atoms with Crippen molar-refractivity contribution in [3.63, 3.8) is 0 Å². The lowest BCUT2D eigenvalue weighted by Gasteiger charge is -2.13. The Bertz CT molecular complexity index is 281. The van der Waals surface area contributed by atoms with Gasteiger partial charge >= 0.3 is 0 Å². The molecule has 0 saturated carbocycles. The van der Waals surface area contributed by atoms with Gasteiger partial charge in [-0.3, -0.25) is 0 Å². The minimum atomic E-state index is -3.15. The van der Waals surface area contributed by atoms with E-state index in [0.717, 1.165) is 6.26 Å². The van der Waals surface area contributed by atoms with Crippen LogP contribution in [0.4, 0.5) is 0 Å². The Morgan fingerprint density at radius 2 is 2.00 bits per heavy atom. The van der Waals surface area contributed by atoms with Gasteiger partial charge in [-0.25, -0.2) is 8.42 Å². The van der Waals surface area contributed by atoms with Crippen LogP contribution in [0.2, 0.25) is 0 Å². The first kappa shape index (κ1) is 11.5. The van der Waals surface area contributed by atoms with Crippen molar-refractivity contribution in [3.05, 3.63) is 0 Å². The zero-order valence-electron chi connectivity index (χ0n) is 7.53. The fraction of sp³-hybridized carbons (Fsp3) is 0.750. The third-order valence-corrected chi connectivity index (χ3v) is 3.37. The summed E-state index contributed by atoms with van der Waals surface area (Å²) >= 11 is 0. The summed E-state index contributed by atoms with van der Waals surface area (Å²) < 4.78 is 21.9. The molecule has 3 nitrogen and oxygen atoms in total. The maximum Gasteiger partial charge on any atom is 0.152 e. The minimum absolute atomic E-state index is 0.213. The fourth-order valence-corrected chi connectivity index (χ4v) is 1.32. The molecule has 0 saturated heterocycles. The van der Waals surface area contributed by atoms with Crippen molar-refractivity contribution in [1.82, 2.24) is 0 Å². The molecule has 0 amide bonds. The second kappa shape index (κ2) is 4.48. The standard InChI is InChI=1S/C8H14O3S/c1-4-5-6-8(9)7(2)12(3,10)11/h7-9H,6H2,1-3H3. The molecular weight excluding hydrogens is 176 g/mol. The van der Waals surface area contributed by atoms with Crippen molar-refractivity contribution in [3.8, 4) is 11.8 Å². The van der Waals surface area contributed by atoms with Crippen LogP contribution in [0.15, 0.2) is 0 Å². The lowest BCUT2D eigenvalue weighted by molar-refractivity contribution is 0.178. The van der Waals surface area contributed by atoms with Crippen molar-refractivity contribution < 1.29 is 13.5 Å². The Hall–Kier alpha value is -0.530. The van der Waals surface area contributed by atoms with E-state index in [1.54, 1.807) is 6.92 Å². The molecular formula is C8H14O3S. The highest BCUT2D eigenvalue weighted by atomic mass is 32.2. The fourth-order valence-electron chi connectivity index (χ4n) is 0.658. The molecule has 0 heterocycles. The van der Waals surface area contributed by atoms with Crippen LogP contribution in [0.1, 0.15) is 20.3 Å². The molecule has 0 aliphatic heterocycles. The predicted octanol–water partition coefficient (Wildman–Crippen LogP) is 0.194. The van der Waals surface area contributed by atoms with Crippen LogP contribution in [0.25, 0.3) is 0 Å². The largest absolute Gasteiger partial charge is 0.391 e. The number of aliphatic hydroxyl groups excluding tert-OH is 1. The molecule has 0 radical (unpaired) electrons. The second-order valence-corrected chi connectivity index (χ2v) is 5.14. The highest BCUT2D eigenvalue weighted by molar-refractivity contribution is 7.91. The minimum Gasteiger partial charge on any atom is -0.391 e. The Morgan fingerprint density at radius 3 is 2.33 bits per heavy atom. The van der Waals surface area contributed by atoms with Crippen molar-refractivity contribution in [2.45, 2.75) is 31.6 Å². The summed E-state index contributed by atoms with van der Waals surface area (Å²) in [6.45, 7) is 3.13. The maximum atomic E-state index is 10.9. The smallest absolute Gasteiger partial charge is 0.152 e. The SMILES string of the molecule is CC#CCC(O)C(C)S(C)(=O)=O. The molecule has 0 rings (SSSR count). The van der Waals surface area contributed by atoms with Gasteiger partial charge in [-0.1, -0.05) is 0 Å². The van der Waals surface area contributed by atoms with E-state index in [1.807, 2.05) is 0 Å². The third-order valence-electron chi connectivity index (χ3n) is 1.71. The van der Waals surface area contributed by atoms with Gasteiger partial charge in [-0.15, -0.1) is 11.8 Å². The first-order chi connectivity index (χ1) is 5.39. The molecule has 0 fully saturated rings. The topological polar surface area (TPSA) is 54.4 Å². The van der Waals surface area contributed by atoms with E-state index in [-0.39, 0.29) is 6.42 Å². The molecule has 0 spiro atoms. The van der Waals surface area contributed by atoms with Crippen molar-refractivity contribution >= 4 is 9.84 Å². The number of hydrogen-bond donors (Lipinski definition) is 1. The molecule has 0 aromatic carbocycles. The lowest BCUT2D eigenvalue weighted by Crippen LogP contribution is -2.30. The van der Waals surface area contributed by atoms with Gasteiger partial charge in [-0.05, 0) is 13.8 Å². The van der Waals surface area contributed by atoms with E-state index in [4.69, 9.17) is 0 Å². The number of rotatable bonds is 3. The number of sulfone groups is 1. The van der Waals surface area contributed by atoms with Crippen LogP contribution in [0.5, 0.6) is 0 Å². The maximum absolute atomic E-state index is 10.9. The normalized spacial score (nSPS) is 16.0. The van der Waals surface area contributed by atoms with Gasteiger partial charge in [0.2, 0.25) is 0 Å². The summed E-state index contributed by atoms with van der Waals surface area (Å²) in [6.07, 6.45) is 0.442. The van der Waals surface area contributed by atoms with E-state index in [0.29, 0.717) is 0 Å². The molecule has 0 bridgehead atoms. The van der Waals surface area contributed by atoms with Gasteiger partial charge in [0.25, 0.3) is 0 Å². The van der Waals surface area contributed by atoms with Crippen LogP contribution in [0, 0.1) is 11.8 Å². The van der Waals surface area contributed by atoms with Crippen molar-refractivity contribution in [2.24, 2.45) is 0 Å². The van der Waals surface area contributed by atoms with Gasteiger partial charge in [0.15, 0.2) is 9.84 Å². The molecule has 0 aliphatic rings. The van der Waals surface area contributed by atoms with E-state index >= 15 is 0 Å². The Kier molecular flexibility index (Phi) is 4.29. The van der Waals surface area contributed by atoms with Gasteiger partial charge in [0.05, 0.1) is 11.4 Å². The summed E-state index contributed by atoms with van der Waals surface area (Å²) in [5.41, 5.74) is 0. The Balaban J connectivity index is 4.27. The molecule has 4 heteroatoms. The van der Waals surface area contributed by atoms with Gasteiger partial charge < -0.3 is 5.11 Å². The monoisotopic (exact) mass is 190 g/mol. The average Bonchev–Trinajstić information content (AvgIpc) is 1.97. The summed E-state index contributed by atoms with van der Waals surface area (Å²) in [5.74, 6) is 5.24. The zero-order chi connectivity index (χ0) is 9.78. The molecule has 2 atom stereocenters. The quantitative estimate of drug-likeness (QED) is 0.646. The summed E-state index contributed by atoms with van der Waals surface area (Å²) in [4.78, 5) is 0. The summed E-state index contributed by atoms with van der Waals surface area (Å²) in [6, 6.07) is 0. The van der Waals surface area contributed by atoms with E-state index < -0.39 is 21.2 Å². The van der Waals surface area contributed by atoms with Crippen molar-refractivity contribution in [1.29, 1.82) is 0 Å². The van der Waals surface area contributed by atoms with Crippen LogP contribution < -0.4 is 0 Å². The van der Waals surface area contributed by atoms with Crippen LogP contribution >= 0.6 is 0 Å². The molecule has 0 aliphatic carbocycles. The summed E-state index contributed by atoms with van der Waals surface area (Å²) in [5, 5.41) is 8.57. The molecule has 70 valence electrons. The first-order valence-electron chi connectivity index (χ1n) is 3.66. The average molecular weight is 190 g/mol. The van der Waals surface area contributed by atoms with E-state index in [9.17, 15) is 13.5 Å². The van der Waals surface area contributed by atoms with Crippen LogP contribution in [-0.2, 0) is 9.84 Å². The molecule has 0 aromatic heterocycles. The van der Waals surface area contributed by atoms with Crippen LogP contribution in [0.3, 0.4) is 0 Å². The molecule has 1 N–H and O–H groups in total. The van der Waals surface area contributed by atoms with Gasteiger partial charge in [0, 0.05) is 12.7 Å². The summed E-state index contributed by atoms with van der Waals surface area (Å²) in [7, 11) is -3.15. The van der Waals surface area contributed by atoms with Crippen molar-refractivity contribution in [2.75, 3.05) is 6.26 Å². The highest BCUT2D eigenvalue weighted by Crippen LogP contribution is 2.06.